The minimum Gasteiger partial charge on any atom is -0.574 e. The van der Waals surface area contributed by atoms with E-state index in [9.17, 15) is 29.7 Å². The van der Waals surface area contributed by atoms with Gasteiger partial charge in [-0.3, -0.25) is 0 Å². The Kier molecular flexibility index (Phi) is 13.5. The molecule has 69 heavy (non-hydrogen) atoms. The quantitative estimate of drug-likeness (QED) is 0.0496. The molecule has 2 spiro atoms. The predicted octanol–water partition coefficient (Wildman–Crippen LogP) is 9.24. The van der Waals surface area contributed by atoms with Crippen molar-refractivity contribution in [3.63, 3.8) is 0 Å². The number of hydrogen-bond acceptors (Lipinski definition) is 10. The molecule has 2 N–H and O–H groups in total. The molecule has 0 unspecified atom stereocenters. The number of benzene rings is 4. The molecule has 4 aromatic carbocycles. The van der Waals surface area contributed by atoms with Gasteiger partial charge in [0.15, 0.2) is 30.6 Å². The van der Waals surface area contributed by atoms with Crippen molar-refractivity contribution in [1.82, 2.24) is 0 Å². The minimum absolute atomic E-state index is 0.204. The maximum absolute atomic E-state index is 12.3. The Bertz CT molecular complexity index is 2810. The lowest BCUT2D eigenvalue weighted by molar-refractivity contribution is -0.596. The molecule has 4 heterocycles. The molecule has 3 fully saturated rings. The normalized spacial score (nSPS) is 17.4. The van der Waals surface area contributed by atoms with Crippen LogP contribution in [0.5, 0.6) is 11.5 Å². The van der Waals surface area contributed by atoms with Gasteiger partial charge >= 0.3 is 17.9 Å². The van der Waals surface area contributed by atoms with Gasteiger partial charge in [-0.15, -0.1) is 0 Å². The highest BCUT2D eigenvalue weighted by Crippen LogP contribution is 2.39. The molecule has 1 saturated heterocycles. The van der Waals surface area contributed by atoms with Crippen molar-refractivity contribution < 1.29 is 57.8 Å². The number of nitrogens with zero attached hydrogens (tertiary/aromatic N) is 2. The second-order valence-electron chi connectivity index (χ2n) is 17.4. The number of rotatable bonds is 8. The van der Waals surface area contributed by atoms with Crippen molar-refractivity contribution in [3.05, 3.63) is 194 Å². The van der Waals surface area contributed by atoms with Crippen molar-refractivity contribution in [1.29, 1.82) is 0 Å². The first-order chi connectivity index (χ1) is 33.6. The molecule has 0 atom stereocenters. The van der Waals surface area contributed by atoms with E-state index in [-0.39, 0.29) is 22.6 Å². The third-order valence-corrected chi connectivity index (χ3v) is 12.7. The maximum Gasteiger partial charge on any atom is 0.348 e. The molecule has 2 aliphatic carbocycles. The molecule has 2 aromatic heterocycles. The lowest BCUT2D eigenvalue weighted by Crippen LogP contribution is -2.47. The first kappa shape index (κ1) is 45.9. The molecule has 10 rings (SSSR count). The van der Waals surface area contributed by atoms with E-state index >= 15 is 0 Å². The van der Waals surface area contributed by atoms with E-state index < -0.39 is 35.4 Å². The number of aromatic nitrogens is 2. The largest absolute Gasteiger partial charge is 0.574 e. The molecule has 0 bridgehead atoms. The van der Waals surface area contributed by atoms with E-state index in [4.69, 9.17) is 18.9 Å². The van der Waals surface area contributed by atoms with Crippen LogP contribution >= 0.6 is 0 Å². The number of esters is 3. The molecule has 0 radical (unpaired) electrons. The molecule has 2 aliphatic heterocycles. The zero-order valence-electron chi connectivity index (χ0n) is 37.9. The van der Waals surface area contributed by atoms with Crippen molar-refractivity contribution in [2.24, 2.45) is 0 Å². The fourth-order valence-electron chi connectivity index (χ4n) is 8.98. The molecule has 4 aliphatic rings. The monoisotopic (exact) mass is 923 g/mol. The van der Waals surface area contributed by atoms with Gasteiger partial charge in [-0.1, -0.05) is 91.7 Å². The fourth-order valence-corrected chi connectivity index (χ4v) is 8.98. The number of aromatic hydroxyl groups is 2. The van der Waals surface area contributed by atoms with Crippen LogP contribution in [-0.4, -0.2) is 39.7 Å². The second-order valence-corrected chi connectivity index (χ2v) is 17.4. The lowest BCUT2D eigenvalue weighted by atomic mass is 9.93. The lowest BCUT2D eigenvalue weighted by Gasteiger charge is -2.46. The average Bonchev–Trinajstić information content (AvgIpc) is 3.37. The summed E-state index contributed by atoms with van der Waals surface area (Å²) >= 11 is 0. The third kappa shape index (κ3) is 10.5. The Balaban J connectivity index is 0.000000176. The van der Waals surface area contributed by atoms with Crippen LogP contribution in [0, 0.1) is 0 Å². The molecule has 2 saturated carbocycles. The number of hydrogen-bond donors (Lipinski definition) is 2. The van der Waals surface area contributed by atoms with Gasteiger partial charge in [-0.05, 0) is 85.1 Å². The summed E-state index contributed by atoms with van der Waals surface area (Å²) in [6.07, 6.45) is 22.5. The number of phenols is 2. The summed E-state index contributed by atoms with van der Waals surface area (Å²) in [5, 5.41) is 33.0. The van der Waals surface area contributed by atoms with E-state index in [0.29, 0.717) is 25.7 Å². The molecule has 348 valence electrons. The summed E-state index contributed by atoms with van der Waals surface area (Å²) in [5.74, 6) is -4.56. The van der Waals surface area contributed by atoms with Crippen LogP contribution in [0.15, 0.2) is 194 Å². The van der Waals surface area contributed by atoms with Crippen LogP contribution in [0.2, 0.25) is 0 Å². The number of ether oxygens (including phenoxy) is 4. The summed E-state index contributed by atoms with van der Waals surface area (Å²) in [6.45, 7) is 0. The van der Waals surface area contributed by atoms with Gasteiger partial charge in [0.2, 0.25) is 11.4 Å². The predicted molar refractivity (Wildman–Crippen MR) is 254 cm³/mol. The van der Waals surface area contributed by atoms with Crippen LogP contribution in [-0.2, 0) is 33.3 Å². The van der Waals surface area contributed by atoms with Gasteiger partial charge in [0.1, 0.15) is 17.1 Å². The zero-order valence-corrected chi connectivity index (χ0v) is 37.9. The summed E-state index contributed by atoms with van der Waals surface area (Å²) < 4.78 is 25.7. The number of phenolic OH excluding ortho intramolecular Hbond substituents is 2. The Morgan fingerprint density at radius 2 is 0.913 bits per heavy atom. The fraction of sp³-hybridized carbons (Fsp3) is 0.211. The minimum atomic E-state index is -1.12. The number of carbonyl (C=O) groups is 3. The Labute approximate surface area is 400 Å². The number of pyridine rings is 2. The number of allylic oxidation sites excluding steroid dienone is 4. The van der Waals surface area contributed by atoms with Gasteiger partial charge < -0.3 is 34.3 Å². The molecule has 12 heteroatoms. The molecule has 12 nitrogen and oxygen atoms in total. The van der Waals surface area contributed by atoms with Crippen molar-refractivity contribution in [2.45, 2.75) is 75.8 Å². The molecular weight excluding hydrogens is 873 g/mol. The van der Waals surface area contributed by atoms with Crippen LogP contribution in [0.3, 0.4) is 0 Å². The first-order valence-corrected chi connectivity index (χ1v) is 23.2. The van der Waals surface area contributed by atoms with Gasteiger partial charge in [0, 0.05) is 72.5 Å². The maximum atomic E-state index is 12.3. The van der Waals surface area contributed by atoms with Crippen molar-refractivity contribution >= 4 is 17.9 Å². The van der Waals surface area contributed by atoms with Crippen LogP contribution in [0.4, 0.5) is 0 Å². The van der Waals surface area contributed by atoms with Crippen LogP contribution in [0.25, 0.3) is 44.8 Å². The third-order valence-electron chi connectivity index (χ3n) is 12.7. The van der Waals surface area contributed by atoms with Crippen molar-refractivity contribution in [2.75, 3.05) is 0 Å². The van der Waals surface area contributed by atoms with Crippen LogP contribution in [0.1, 0.15) is 64.2 Å². The summed E-state index contributed by atoms with van der Waals surface area (Å²) in [5.41, 5.74) is 7.30. The van der Waals surface area contributed by atoms with Gasteiger partial charge in [-0.2, -0.15) is 9.13 Å². The first-order valence-electron chi connectivity index (χ1n) is 23.2. The highest BCUT2D eigenvalue weighted by Gasteiger charge is 2.46. The van der Waals surface area contributed by atoms with E-state index in [0.717, 1.165) is 83.3 Å². The topological polar surface area (TPSA) is 159 Å². The van der Waals surface area contributed by atoms with Gasteiger partial charge in [0.05, 0.1) is 11.5 Å². The Morgan fingerprint density at radius 3 is 1.36 bits per heavy atom. The van der Waals surface area contributed by atoms with Crippen LogP contribution < -0.4 is 14.2 Å². The molecular formula is C57H51N2O10+. The van der Waals surface area contributed by atoms with Crippen molar-refractivity contribution in [3.8, 4) is 56.3 Å². The summed E-state index contributed by atoms with van der Waals surface area (Å²) in [7, 11) is 0. The van der Waals surface area contributed by atoms with E-state index in [1.54, 1.807) is 12.1 Å². The Morgan fingerprint density at radius 1 is 0.478 bits per heavy atom. The average molecular weight is 924 g/mol. The summed E-state index contributed by atoms with van der Waals surface area (Å²) in [6, 6.07) is 39.4. The number of carbonyl (C=O) groups excluding carboxylic acids is 3. The zero-order chi connectivity index (χ0) is 47.8. The highest BCUT2D eigenvalue weighted by atomic mass is 16.8. The molecule has 0 amide bonds. The summed E-state index contributed by atoms with van der Waals surface area (Å²) in [4.78, 5) is 36.8. The van der Waals surface area contributed by atoms with E-state index in [1.807, 2.05) is 119 Å². The van der Waals surface area contributed by atoms with E-state index in [1.165, 1.54) is 30.4 Å². The standard InChI is InChI=1S/C34H24N2O2.C23H26O8/c37-33-13-11-29(23-31(33)27-7-3-1-4-8-27)35-19-15-25(16-20-35)26-17-21-36(22-18-26)30-12-14-34(38)32(24-30)28-9-5-2-6-10-28;24-18-16(19(25)29-22(28-18)12-6-2-7-13-22)10-4-1-5-11-17-20(26)30-23(31-21(17)27)14-8-3-9-15-23/h1-24H;1,4-5,10-11,24H,2-3,6-9,12-15H2/p+1/b;5-1+,10-4+. The van der Waals surface area contributed by atoms with Gasteiger partial charge in [0.25, 0.3) is 5.79 Å². The Hall–Kier alpha value is -8.25. The van der Waals surface area contributed by atoms with E-state index in [2.05, 4.69) is 24.3 Å². The second kappa shape index (κ2) is 20.3. The smallest absolute Gasteiger partial charge is 0.348 e. The highest BCUT2D eigenvalue weighted by molar-refractivity contribution is 6.15. The molecule has 6 aromatic rings. The SMILES string of the molecule is O=C1OC2(CCCCC2)OC(=O)C1=C/C=C/C=C/C1=C([O-])OC2(CCCCC2)OC1=O.Oc1ccc(-[n+]2ccc(-c3cc[n+](-c4ccc(O)c(-c5ccccc5)c4)cc3)cc2)cc1-c1ccccc1. The van der Waals surface area contributed by atoms with Gasteiger partial charge in [-0.25, -0.2) is 14.4 Å².